The first-order chi connectivity index (χ1) is 7.58. The molecule has 16 heavy (non-hydrogen) atoms. The van der Waals surface area contributed by atoms with Crippen molar-refractivity contribution in [2.45, 2.75) is 5.37 Å². The van der Waals surface area contributed by atoms with Gasteiger partial charge in [0.15, 0.2) is 5.37 Å². The van der Waals surface area contributed by atoms with E-state index < -0.39 is 5.37 Å². The van der Waals surface area contributed by atoms with Gasteiger partial charge in [-0.3, -0.25) is 14.5 Å². The predicted octanol–water partition coefficient (Wildman–Crippen LogP) is 2.51. The maximum Gasteiger partial charge on any atom is 0.290 e. The topological polar surface area (TPSA) is 49.4 Å². The van der Waals surface area contributed by atoms with E-state index in [0.29, 0.717) is 0 Å². The van der Waals surface area contributed by atoms with Crippen LogP contribution in [-0.2, 0) is 4.79 Å². The van der Waals surface area contributed by atoms with Crippen LogP contribution in [0.4, 0.5) is 10.5 Å². The van der Waals surface area contributed by atoms with Gasteiger partial charge in [-0.1, -0.05) is 15.9 Å². The summed E-state index contributed by atoms with van der Waals surface area (Å²) in [6.45, 7) is 0. The van der Waals surface area contributed by atoms with Gasteiger partial charge in [0.2, 0.25) is 0 Å². The summed E-state index contributed by atoms with van der Waals surface area (Å²) < 4.78 is 0.969. The van der Waals surface area contributed by atoms with Crippen molar-refractivity contribution in [2.24, 2.45) is 0 Å². The molecule has 0 bridgehead atoms. The van der Waals surface area contributed by atoms with Gasteiger partial charge >= 0.3 is 0 Å². The minimum atomic E-state index is -0.515. The summed E-state index contributed by atoms with van der Waals surface area (Å²) in [6, 6.07) is 7.44. The lowest BCUT2D eigenvalue weighted by molar-refractivity contribution is -0.125. The Morgan fingerprint density at radius 2 is 1.94 bits per heavy atom. The summed E-state index contributed by atoms with van der Waals surface area (Å²) in [4.78, 5) is 24.0. The second-order valence-corrected chi connectivity index (χ2v) is 5.28. The van der Waals surface area contributed by atoms with E-state index in [1.165, 1.54) is 7.05 Å². The molecule has 2 amide bonds. The highest BCUT2D eigenvalue weighted by molar-refractivity contribution is 9.10. The van der Waals surface area contributed by atoms with E-state index in [4.69, 9.17) is 0 Å². The molecule has 1 saturated heterocycles. The van der Waals surface area contributed by atoms with Gasteiger partial charge in [0, 0.05) is 17.2 Å². The molecule has 0 aromatic heterocycles. The molecule has 1 N–H and O–H groups in total. The number of anilines is 1. The van der Waals surface area contributed by atoms with Gasteiger partial charge in [-0.15, -0.1) is 0 Å². The number of halogens is 1. The van der Waals surface area contributed by atoms with Crippen molar-refractivity contribution in [3.05, 3.63) is 28.7 Å². The third-order valence-electron chi connectivity index (χ3n) is 2.19. The number of nitrogens with one attached hydrogen (secondary N) is 1. The lowest BCUT2D eigenvalue weighted by Crippen LogP contribution is -2.31. The van der Waals surface area contributed by atoms with Crippen LogP contribution in [0.25, 0.3) is 0 Å². The van der Waals surface area contributed by atoms with E-state index in [0.717, 1.165) is 26.8 Å². The fourth-order valence-corrected chi connectivity index (χ4v) is 2.45. The predicted molar refractivity (Wildman–Crippen MR) is 67.3 cm³/mol. The van der Waals surface area contributed by atoms with Crippen LogP contribution in [0.2, 0.25) is 0 Å². The van der Waals surface area contributed by atoms with E-state index in [-0.39, 0.29) is 11.1 Å². The standard InChI is InChI=1S/C10H9BrN2O2S/c1-13-9(14)8(16-10(13)15)12-7-4-2-6(11)3-5-7/h2-5,8,12H,1H3/t8-/m1/s1. The minimum absolute atomic E-state index is 0.210. The van der Waals surface area contributed by atoms with Crippen LogP contribution in [0.3, 0.4) is 0 Å². The van der Waals surface area contributed by atoms with Gasteiger partial charge < -0.3 is 5.32 Å². The number of nitrogens with zero attached hydrogens (tertiary/aromatic N) is 1. The number of amides is 2. The Morgan fingerprint density at radius 1 is 1.31 bits per heavy atom. The number of carbonyl (C=O) groups excluding carboxylic acids is 2. The highest BCUT2D eigenvalue weighted by Gasteiger charge is 2.36. The Balaban J connectivity index is 2.09. The Hall–Kier alpha value is -1.01. The molecule has 1 heterocycles. The largest absolute Gasteiger partial charge is 0.365 e. The zero-order valence-corrected chi connectivity index (χ0v) is 10.8. The maximum atomic E-state index is 11.6. The Bertz CT molecular complexity index is 435. The number of rotatable bonds is 2. The van der Waals surface area contributed by atoms with Crippen molar-refractivity contribution >= 4 is 44.5 Å². The van der Waals surface area contributed by atoms with Crippen LogP contribution < -0.4 is 5.32 Å². The average molecular weight is 301 g/mol. The van der Waals surface area contributed by atoms with Crippen molar-refractivity contribution in [2.75, 3.05) is 12.4 Å². The van der Waals surface area contributed by atoms with Crippen molar-refractivity contribution < 1.29 is 9.59 Å². The monoisotopic (exact) mass is 300 g/mol. The number of hydrogen-bond acceptors (Lipinski definition) is 4. The van der Waals surface area contributed by atoms with Crippen LogP contribution in [0.5, 0.6) is 0 Å². The van der Waals surface area contributed by atoms with Crippen LogP contribution in [-0.4, -0.2) is 28.5 Å². The number of carbonyl (C=O) groups is 2. The molecule has 1 atom stereocenters. The molecule has 1 aromatic carbocycles. The van der Waals surface area contributed by atoms with E-state index in [1.807, 2.05) is 24.3 Å². The van der Waals surface area contributed by atoms with Crippen LogP contribution in [0.1, 0.15) is 0 Å². The molecule has 6 heteroatoms. The Kier molecular flexibility index (Phi) is 3.20. The molecule has 4 nitrogen and oxygen atoms in total. The molecule has 1 aromatic rings. The number of imide groups is 1. The summed E-state index contributed by atoms with van der Waals surface area (Å²) in [5, 5.41) is 2.27. The molecule has 0 spiro atoms. The van der Waals surface area contributed by atoms with Gasteiger partial charge in [0.1, 0.15) is 0 Å². The SMILES string of the molecule is CN1C(=O)S[C@@H](Nc2ccc(Br)cc2)C1=O. The van der Waals surface area contributed by atoms with Gasteiger partial charge in [0.25, 0.3) is 11.1 Å². The number of likely N-dealkylation sites (N-methyl/N-ethyl adjacent to an activating group) is 1. The normalized spacial score (nSPS) is 20.4. The summed E-state index contributed by atoms with van der Waals surface area (Å²) in [6.07, 6.45) is 0. The molecule has 0 saturated carbocycles. The van der Waals surface area contributed by atoms with Crippen molar-refractivity contribution in [3.8, 4) is 0 Å². The van der Waals surface area contributed by atoms with Gasteiger partial charge in [-0.05, 0) is 36.0 Å². The molecule has 84 valence electrons. The molecular formula is C10H9BrN2O2S. The molecule has 1 aliphatic heterocycles. The van der Waals surface area contributed by atoms with E-state index in [2.05, 4.69) is 21.2 Å². The van der Waals surface area contributed by atoms with Gasteiger partial charge in [-0.25, -0.2) is 0 Å². The smallest absolute Gasteiger partial charge is 0.290 e. The molecule has 0 radical (unpaired) electrons. The lowest BCUT2D eigenvalue weighted by atomic mass is 10.3. The Labute approximate surface area is 106 Å². The third-order valence-corrected chi connectivity index (χ3v) is 3.75. The fraction of sp³-hybridized carbons (Fsp3) is 0.200. The lowest BCUT2D eigenvalue weighted by Gasteiger charge is -2.11. The zero-order valence-electron chi connectivity index (χ0n) is 8.44. The molecule has 0 unspecified atom stereocenters. The zero-order chi connectivity index (χ0) is 11.7. The van der Waals surface area contributed by atoms with Crippen LogP contribution >= 0.6 is 27.7 Å². The highest BCUT2D eigenvalue weighted by Crippen LogP contribution is 2.27. The summed E-state index contributed by atoms with van der Waals surface area (Å²) in [7, 11) is 1.49. The van der Waals surface area contributed by atoms with Gasteiger partial charge in [-0.2, -0.15) is 0 Å². The number of hydrogen-bond donors (Lipinski definition) is 1. The summed E-state index contributed by atoms with van der Waals surface area (Å²) in [5.41, 5.74) is 0.817. The second-order valence-electron chi connectivity index (χ2n) is 3.31. The fourth-order valence-electron chi connectivity index (χ4n) is 1.28. The first-order valence-corrected chi connectivity index (χ1v) is 6.25. The van der Waals surface area contributed by atoms with E-state index in [9.17, 15) is 9.59 Å². The van der Waals surface area contributed by atoms with Crippen molar-refractivity contribution in [1.29, 1.82) is 0 Å². The number of thioether (sulfide) groups is 1. The second kappa shape index (κ2) is 4.47. The van der Waals surface area contributed by atoms with Crippen molar-refractivity contribution in [3.63, 3.8) is 0 Å². The average Bonchev–Trinajstić information content (AvgIpc) is 2.50. The minimum Gasteiger partial charge on any atom is -0.365 e. The number of benzene rings is 1. The van der Waals surface area contributed by atoms with E-state index in [1.54, 1.807) is 0 Å². The first-order valence-electron chi connectivity index (χ1n) is 4.58. The summed E-state index contributed by atoms with van der Waals surface area (Å²) >= 11 is 4.32. The quantitative estimate of drug-likeness (QED) is 0.912. The molecule has 2 rings (SSSR count). The summed E-state index contributed by atoms with van der Waals surface area (Å²) in [5.74, 6) is -0.210. The van der Waals surface area contributed by atoms with Crippen LogP contribution in [0.15, 0.2) is 28.7 Å². The van der Waals surface area contributed by atoms with Gasteiger partial charge in [0.05, 0.1) is 0 Å². The highest BCUT2D eigenvalue weighted by atomic mass is 79.9. The van der Waals surface area contributed by atoms with Crippen LogP contribution in [0, 0.1) is 0 Å². The maximum absolute atomic E-state index is 11.6. The van der Waals surface area contributed by atoms with Crippen molar-refractivity contribution in [1.82, 2.24) is 4.90 Å². The third kappa shape index (κ3) is 2.22. The molecule has 1 fully saturated rings. The van der Waals surface area contributed by atoms with E-state index >= 15 is 0 Å². The first kappa shape index (κ1) is 11.5. The Morgan fingerprint density at radius 3 is 2.44 bits per heavy atom. The molecule has 1 aliphatic rings. The molecular weight excluding hydrogens is 292 g/mol. The molecule has 0 aliphatic carbocycles.